The van der Waals surface area contributed by atoms with Crippen LogP contribution in [0.4, 0.5) is 0 Å². The monoisotopic (exact) mass is 213 g/mol. The number of hydrogen-bond donors (Lipinski definition) is 1. The zero-order valence-corrected chi connectivity index (χ0v) is 9.76. The van der Waals surface area contributed by atoms with Crippen LogP contribution in [0.15, 0.2) is 0 Å². The van der Waals surface area contributed by atoms with E-state index in [4.69, 9.17) is 9.47 Å². The van der Waals surface area contributed by atoms with Gasteiger partial charge in [-0.05, 0) is 38.0 Å². The van der Waals surface area contributed by atoms with Gasteiger partial charge in [0.25, 0.3) is 0 Å². The lowest BCUT2D eigenvalue weighted by atomic mass is 10.0. The van der Waals surface area contributed by atoms with E-state index in [9.17, 15) is 0 Å². The molecule has 1 saturated heterocycles. The van der Waals surface area contributed by atoms with Crippen LogP contribution in [-0.4, -0.2) is 39.0 Å². The predicted octanol–water partition coefficient (Wildman–Crippen LogP) is 1.57. The second-order valence-corrected chi connectivity index (χ2v) is 4.89. The first kappa shape index (κ1) is 11.4. The minimum atomic E-state index is 0.567. The van der Waals surface area contributed by atoms with Gasteiger partial charge in [-0.15, -0.1) is 0 Å². The van der Waals surface area contributed by atoms with Gasteiger partial charge in [0.05, 0.1) is 6.61 Å². The molecule has 15 heavy (non-hydrogen) atoms. The highest BCUT2D eigenvalue weighted by atomic mass is 16.5. The van der Waals surface area contributed by atoms with Crippen molar-refractivity contribution in [2.45, 2.75) is 38.6 Å². The Labute approximate surface area is 92.5 Å². The third kappa shape index (κ3) is 3.44. The van der Waals surface area contributed by atoms with Gasteiger partial charge in [0.1, 0.15) is 0 Å². The van der Waals surface area contributed by atoms with Crippen molar-refractivity contribution in [3.8, 4) is 0 Å². The molecule has 0 aromatic rings. The second-order valence-electron chi connectivity index (χ2n) is 4.89. The third-order valence-electron chi connectivity index (χ3n) is 3.63. The number of ether oxygens (including phenoxy) is 2. The third-order valence-corrected chi connectivity index (χ3v) is 3.63. The molecule has 0 aromatic heterocycles. The lowest BCUT2D eigenvalue weighted by Gasteiger charge is -2.18. The molecule has 3 heteroatoms. The lowest BCUT2D eigenvalue weighted by molar-refractivity contribution is 0.126. The number of rotatable bonds is 7. The van der Waals surface area contributed by atoms with Gasteiger partial charge in [-0.2, -0.15) is 0 Å². The van der Waals surface area contributed by atoms with E-state index in [-0.39, 0.29) is 0 Å². The van der Waals surface area contributed by atoms with Crippen molar-refractivity contribution < 1.29 is 9.47 Å². The predicted molar refractivity (Wildman–Crippen MR) is 60.0 cm³/mol. The van der Waals surface area contributed by atoms with Crippen molar-refractivity contribution in [1.29, 1.82) is 0 Å². The van der Waals surface area contributed by atoms with Crippen LogP contribution in [0, 0.1) is 5.41 Å². The Balaban J connectivity index is 1.60. The summed E-state index contributed by atoms with van der Waals surface area (Å²) in [6.07, 6.45) is 5.16. The quantitative estimate of drug-likeness (QED) is 0.651. The Bertz CT molecular complexity index is 186. The lowest BCUT2D eigenvalue weighted by Crippen LogP contribution is -2.34. The van der Waals surface area contributed by atoms with Crippen LogP contribution in [0.1, 0.15) is 32.6 Å². The molecule has 2 rings (SSSR count). The molecule has 1 saturated carbocycles. The minimum Gasteiger partial charge on any atom is -0.382 e. The largest absolute Gasteiger partial charge is 0.382 e. The molecule has 0 amide bonds. The van der Waals surface area contributed by atoms with E-state index < -0.39 is 0 Å². The molecule has 3 nitrogen and oxygen atoms in total. The van der Waals surface area contributed by atoms with E-state index >= 15 is 0 Å². The molecule has 0 radical (unpaired) electrons. The smallest absolute Gasteiger partial charge is 0.0620 e. The highest BCUT2D eigenvalue weighted by molar-refractivity contribution is 4.95. The van der Waals surface area contributed by atoms with Gasteiger partial charge in [-0.3, -0.25) is 0 Å². The van der Waals surface area contributed by atoms with Crippen LogP contribution in [0.2, 0.25) is 0 Å². The van der Waals surface area contributed by atoms with Crippen molar-refractivity contribution in [2.75, 3.05) is 33.0 Å². The van der Waals surface area contributed by atoms with Crippen molar-refractivity contribution in [3.05, 3.63) is 0 Å². The maximum atomic E-state index is 5.43. The fourth-order valence-corrected chi connectivity index (χ4v) is 2.18. The first-order valence-electron chi connectivity index (χ1n) is 6.23. The summed E-state index contributed by atoms with van der Waals surface area (Å²) in [4.78, 5) is 0. The van der Waals surface area contributed by atoms with Crippen molar-refractivity contribution in [1.82, 2.24) is 5.32 Å². The Morgan fingerprint density at radius 1 is 1.47 bits per heavy atom. The molecule has 0 bridgehead atoms. The average molecular weight is 213 g/mol. The summed E-state index contributed by atoms with van der Waals surface area (Å²) < 4.78 is 10.8. The summed E-state index contributed by atoms with van der Waals surface area (Å²) in [6, 6.07) is 0.606. The van der Waals surface area contributed by atoms with Gasteiger partial charge < -0.3 is 14.8 Å². The maximum Gasteiger partial charge on any atom is 0.0620 e. The fraction of sp³-hybridized carbons (Fsp3) is 1.00. The van der Waals surface area contributed by atoms with Gasteiger partial charge >= 0.3 is 0 Å². The zero-order chi connectivity index (χ0) is 10.6. The van der Waals surface area contributed by atoms with E-state index in [1.807, 2.05) is 0 Å². The summed E-state index contributed by atoms with van der Waals surface area (Å²) in [6.45, 7) is 6.84. The van der Waals surface area contributed by atoms with E-state index in [1.54, 1.807) is 0 Å². The fourth-order valence-electron chi connectivity index (χ4n) is 2.18. The van der Waals surface area contributed by atoms with Crippen LogP contribution < -0.4 is 5.32 Å². The van der Waals surface area contributed by atoms with Crippen LogP contribution in [0.3, 0.4) is 0 Å². The van der Waals surface area contributed by atoms with Gasteiger partial charge in [-0.25, -0.2) is 0 Å². The maximum absolute atomic E-state index is 5.43. The number of hydrogen-bond acceptors (Lipinski definition) is 3. The molecule has 1 heterocycles. The molecule has 2 aliphatic rings. The molecule has 2 fully saturated rings. The van der Waals surface area contributed by atoms with E-state index in [2.05, 4.69) is 12.2 Å². The molecular formula is C12H23NO2. The van der Waals surface area contributed by atoms with Crippen LogP contribution in [0.25, 0.3) is 0 Å². The van der Waals surface area contributed by atoms with Crippen molar-refractivity contribution in [3.63, 3.8) is 0 Å². The second kappa shape index (κ2) is 5.28. The molecule has 1 aliphatic carbocycles. The van der Waals surface area contributed by atoms with Gasteiger partial charge in [0, 0.05) is 32.4 Å². The molecule has 1 atom stereocenters. The first-order valence-corrected chi connectivity index (χ1v) is 6.23. The SMILES string of the molecule is CCOCCC1(CNC2CCOC2)CC1. The summed E-state index contributed by atoms with van der Waals surface area (Å²) in [5, 5.41) is 3.63. The summed E-state index contributed by atoms with van der Waals surface area (Å²) in [5.41, 5.74) is 0.567. The molecular weight excluding hydrogens is 190 g/mol. The van der Waals surface area contributed by atoms with E-state index in [0.717, 1.165) is 33.0 Å². The highest BCUT2D eigenvalue weighted by Gasteiger charge is 2.42. The Kier molecular flexibility index (Phi) is 4.00. The molecule has 88 valence electrons. The highest BCUT2D eigenvalue weighted by Crippen LogP contribution is 2.48. The van der Waals surface area contributed by atoms with Gasteiger partial charge in [0.2, 0.25) is 0 Å². The molecule has 0 aromatic carbocycles. The van der Waals surface area contributed by atoms with Crippen LogP contribution >= 0.6 is 0 Å². The van der Waals surface area contributed by atoms with Crippen molar-refractivity contribution in [2.24, 2.45) is 5.41 Å². The van der Waals surface area contributed by atoms with Crippen molar-refractivity contribution >= 4 is 0 Å². The van der Waals surface area contributed by atoms with Gasteiger partial charge in [-0.1, -0.05) is 0 Å². The van der Waals surface area contributed by atoms with Crippen LogP contribution in [0.5, 0.6) is 0 Å². The van der Waals surface area contributed by atoms with Crippen LogP contribution in [-0.2, 0) is 9.47 Å². The Morgan fingerprint density at radius 2 is 2.33 bits per heavy atom. The van der Waals surface area contributed by atoms with Gasteiger partial charge in [0.15, 0.2) is 0 Å². The average Bonchev–Trinajstić information content (AvgIpc) is 2.82. The van der Waals surface area contributed by atoms with E-state index in [0.29, 0.717) is 11.5 Å². The number of nitrogens with one attached hydrogen (secondary N) is 1. The molecule has 1 aliphatic heterocycles. The summed E-state index contributed by atoms with van der Waals surface area (Å²) in [7, 11) is 0. The zero-order valence-electron chi connectivity index (χ0n) is 9.76. The standard InChI is InChI=1S/C12H23NO2/c1-2-14-8-6-12(4-5-12)10-13-11-3-7-15-9-11/h11,13H,2-10H2,1H3. The summed E-state index contributed by atoms with van der Waals surface area (Å²) >= 11 is 0. The first-order chi connectivity index (χ1) is 7.35. The Morgan fingerprint density at radius 3 is 2.93 bits per heavy atom. The molecule has 1 N–H and O–H groups in total. The molecule has 1 unspecified atom stereocenters. The summed E-state index contributed by atoms with van der Waals surface area (Å²) in [5.74, 6) is 0. The molecule has 0 spiro atoms. The normalized spacial score (nSPS) is 28.2. The minimum absolute atomic E-state index is 0.567. The topological polar surface area (TPSA) is 30.5 Å². The van der Waals surface area contributed by atoms with E-state index in [1.165, 1.54) is 25.7 Å². The Hall–Kier alpha value is -0.120.